The summed E-state index contributed by atoms with van der Waals surface area (Å²) in [6.45, 7) is 3.66. The van der Waals surface area contributed by atoms with E-state index >= 15 is 0 Å². The lowest BCUT2D eigenvalue weighted by molar-refractivity contribution is -0.147. The Morgan fingerprint density at radius 2 is 1.96 bits per heavy atom. The van der Waals surface area contributed by atoms with Crippen LogP contribution in [0.2, 0.25) is 0 Å². The highest BCUT2D eigenvalue weighted by molar-refractivity contribution is 5.86. The number of rotatable bonds is 5. The summed E-state index contributed by atoms with van der Waals surface area (Å²) in [5.74, 6) is 1.14. The Kier molecular flexibility index (Phi) is 5.80. The maximum absolute atomic E-state index is 13.2. The quantitative estimate of drug-likeness (QED) is 0.775. The summed E-state index contributed by atoms with van der Waals surface area (Å²) in [5.41, 5.74) is -0.296. The SMILES string of the molecule is COCCC(=O)N1CCC2(CCCN(CC3CCCCC3)C2=O)C1. The molecular weight excluding hydrogens is 304 g/mol. The van der Waals surface area contributed by atoms with E-state index in [2.05, 4.69) is 4.90 Å². The lowest BCUT2D eigenvalue weighted by Gasteiger charge is -2.41. The van der Waals surface area contributed by atoms with E-state index in [0.29, 0.717) is 31.4 Å². The van der Waals surface area contributed by atoms with Gasteiger partial charge in [-0.2, -0.15) is 0 Å². The molecule has 2 aliphatic heterocycles. The van der Waals surface area contributed by atoms with E-state index < -0.39 is 0 Å². The minimum atomic E-state index is -0.296. The van der Waals surface area contributed by atoms with Crippen molar-refractivity contribution >= 4 is 11.8 Å². The van der Waals surface area contributed by atoms with Crippen molar-refractivity contribution in [3.63, 3.8) is 0 Å². The number of carbonyl (C=O) groups excluding carboxylic acids is 2. The van der Waals surface area contributed by atoms with Gasteiger partial charge in [-0.1, -0.05) is 19.3 Å². The maximum Gasteiger partial charge on any atom is 0.230 e. The van der Waals surface area contributed by atoms with Crippen molar-refractivity contribution in [3.05, 3.63) is 0 Å². The van der Waals surface area contributed by atoms with Gasteiger partial charge in [0.15, 0.2) is 0 Å². The molecule has 2 amide bonds. The summed E-state index contributed by atoms with van der Waals surface area (Å²) in [6, 6.07) is 0. The van der Waals surface area contributed by atoms with Gasteiger partial charge in [-0.15, -0.1) is 0 Å². The molecule has 0 aromatic rings. The molecular formula is C19H32N2O3. The predicted octanol–water partition coefficient (Wildman–Crippen LogP) is 2.44. The third-order valence-corrected chi connectivity index (χ3v) is 6.25. The Morgan fingerprint density at radius 3 is 2.71 bits per heavy atom. The van der Waals surface area contributed by atoms with E-state index in [1.807, 2.05) is 4.90 Å². The molecule has 1 saturated carbocycles. The fraction of sp³-hybridized carbons (Fsp3) is 0.895. The summed E-state index contributed by atoms with van der Waals surface area (Å²) in [6.07, 6.45) is 9.83. The van der Waals surface area contributed by atoms with Crippen LogP contribution in [0.1, 0.15) is 57.8 Å². The average molecular weight is 336 g/mol. The van der Waals surface area contributed by atoms with E-state index in [0.717, 1.165) is 38.9 Å². The number of nitrogens with zero attached hydrogens (tertiary/aromatic N) is 2. The first-order valence-electron chi connectivity index (χ1n) is 9.71. The molecule has 1 atom stereocenters. The number of amides is 2. The molecule has 3 fully saturated rings. The molecule has 1 aliphatic carbocycles. The Labute approximate surface area is 145 Å². The molecule has 0 N–H and O–H groups in total. The summed E-state index contributed by atoms with van der Waals surface area (Å²) in [5, 5.41) is 0. The fourth-order valence-electron chi connectivity index (χ4n) is 4.82. The number of likely N-dealkylation sites (tertiary alicyclic amines) is 2. The first kappa shape index (κ1) is 17.7. The zero-order valence-corrected chi connectivity index (χ0v) is 15.1. The van der Waals surface area contributed by atoms with Gasteiger partial charge >= 0.3 is 0 Å². The Balaban J connectivity index is 1.59. The molecule has 0 aromatic heterocycles. The highest BCUT2D eigenvalue weighted by Crippen LogP contribution is 2.41. The third-order valence-electron chi connectivity index (χ3n) is 6.25. The van der Waals surface area contributed by atoms with Gasteiger partial charge in [-0.25, -0.2) is 0 Å². The van der Waals surface area contributed by atoms with E-state index in [4.69, 9.17) is 4.74 Å². The fourth-order valence-corrected chi connectivity index (χ4v) is 4.82. The number of carbonyl (C=O) groups is 2. The lowest BCUT2D eigenvalue weighted by Crippen LogP contribution is -2.51. The molecule has 24 heavy (non-hydrogen) atoms. The summed E-state index contributed by atoms with van der Waals surface area (Å²) in [7, 11) is 1.62. The van der Waals surface area contributed by atoms with Crippen molar-refractivity contribution in [1.82, 2.24) is 9.80 Å². The van der Waals surface area contributed by atoms with Gasteiger partial charge in [0.05, 0.1) is 18.4 Å². The van der Waals surface area contributed by atoms with Crippen LogP contribution in [-0.4, -0.2) is 61.5 Å². The second kappa shape index (κ2) is 7.85. The topological polar surface area (TPSA) is 49.9 Å². The molecule has 3 aliphatic rings. The zero-order chi connectivity index (χ0) is 17.0. The van der Waals surface area contributed by atoms with E-state index in [-0.39, 0.29) is 11.3 Å². The number of hydrogen-bond acceptors (Lipinski definition) is 3. The Morgan fingerprint density at radius 1 is 1.17 bits per heavy atom. The largest absolute Gasteiger partial charge is 0.384 e. The summed E-state index contributed by atoms with van der Waals surface area (Å²) >= 11 is 0. The minimum Gasteiger partial charge on any atom is -0.384 e. The van der Waals surface area contributed by atoms with Crippen LogP contribution in [0.25, 0.3) is 0 Å². The molecule has 0 radical (unpaired) electrons. The van der Waals surface area contributed by atoms with Crippen molar-refractivity contribution in [3.8, 4) is 0 Å². The molecule has 1 spiro atoms. The molecule has 0 bridgehead atoms. The highest BCUT2D eigenvalue weighted by atomic mass is 16.5. The number of methoxy groups -OCH3 is 1. The smallest absolute Gasteiger partial charge is 0.230 e. The van der Waals surface area contributed by atoms with Crippen molar-refractivity contribution in [2.24, 2.45) is 11.3 Å². The van der Waals surface area contributed by atoms with Crippen molar-refractivity contribution in [2.45, 2.75) is 57.8 Å². The molecule has 136 valence electrons. The van der Waals surface area contributed by atoms with Crippen LogP contribution < -0.4 is 0 Å². The molecule has 3 rings (SSSR count). The second-order valence-electron chi connectivity index (χ2n) is 7.95. The first-order chi connectivity index (χ1) is 11.6. The second-order valence-corrected chi connectivity index (χ2v) is 7.95. The van der Waals surface area contributed by atoms with Gasteiger partial charge in [0.25, 0.3) is 0 Å². The third kappa shape index (κ3) is 3.76. The zero-order valence-electron chi connectivity index (χ0n) is 15.1. The number of piperidine rings is 1. The summed E-state index contributed by atoms with van der Waals surface area (Å²) in [4.78, 5) is 29.4. The Hall–Kier alpha value is -1.10. The van der Waals surface area contributed by atoms with Crippen LogP contribution in [0.15, 0.2) is 0 Å². The van der Waals surface area contributed by atoms with Gasteiger partial charge in [-0.05, 0) is 38.0 Å². The average Bonchev–Trinajstić information content (AvgIpc) is 3.03. The first-order valence-corrected chi connectivity index (χ1v) is 9.71. The normalized spacial score (nSPS) is 28.8. The molecule has 0 aromatic carbocycles. The standard InChI is InChI=1S/C19H32N2O3/c1-24-13-8-17(22)21-12-10-19(15-21)9-5-11-20(18(19)23)14-16-6-3-2-4-7-16/h16H,2-15H2,1H3. The van der Waals surface area contributed by atoms with Crippen LogP contribution in [0.3, 0.4) is 0 Å². The van der Waals surface area contributed by atoms with Crippen LogP contribution in [-0.2, 0) is 14.3 Å². The molecule has 2 heterocycles. The van der Waals surface area contributed by atoms with E-state index in [1.165, 1.54) is 32.1 Å². The predicted molar refractivity (Wildman–Crippen MR) is 92.5 cm³/mol. The van der Waals surface area contributed by atoms with Crippen LogP contribution in [0, 0.1) is 11.3 Å². The minimum absolute atomic E-state index is 0.130. The van der Waals surface area contributed by atoms with E-state index in [1.54, 1.807) is 7.11 Å². The van der Waals surface area contributed by atoms with Gasteiger partial charge in [-0.3, -0.25) is 9.59 Å². The van der Waals surface area contributed by atoms with Crippen molar-refractivity contribution in [2.75, 3.05) is 39.9 Å². The van der Waals surface area contributed by atoms with Gasteiger partial charge in [0.2, 0.25) is 11.8 Å². The summed E-state index contributed by atoms with van der Waals surface area (Å²) < 4.78 is 5.01. The van der Waals surface area contributed by atoms with Crippen molar-refractivity contribution in [1.29, 1.82) is 0 Å². The van der Waals surface area contributed by atoms with Crippen LogP contribution in [0.4, 0.5) is 0 Å². The van der Waals surface area contributed by atoms with Gasteiger partial charge < -0.3 is 14.5 Å². The monoisotopic (exact) mass is 336 g/mol. The maximum atomic E-state index is 13.2. The van der Waals surface area contributed by atoms with Crippen LogP contribution in [0.5, 0.6) is 0 Å². The van der Waals surface area contributed by atoms with Gasteiger partial charge in [0.1, 0.15) is 0 Å². The highest BCUT2D eigenvalue weighted by Gasteiger charge is 2.49. The molecule has 5 nitrogen and oxygen atoms in total. The molecule has 1 unspecified atom stereocenters. The molecule has 2 saturated heterocycles. The van der Waals surface area contributed by atoms with Gasteiger partial charge in [0, 0.05) is 33.3 Å². The Bertz CT molecular complexity index is 462. The lowest BCUT2D eigenvalue weighted by atomic mass is 9.77. The number of ether oxygens (including phenoxy) is 1. The van der Waals surface area contributed by atoms with Crippen LogP contribution >= 0.6 is 0 Å². The number of hydrogen-bond donors (Lipinski definition) is 0. The van der Waals surface area contributed by atoms with E-state index in [9.17, 15) is 9.59 Å². The molecule has 5 heteroatoms. The van der Waals surface area contributed by atoms with Crippen molar-refractivity contribution < 1.29 is 14.3 Å².